The number of furan rings is 2. The van der Waals surface area contributed by atoms with Crippen LogP contribution in [0.15, 0.2) is 88.1 Å². The van der Waals surface area contributed by atoms with Crippen LogP contribution in [-0.2, 0) is 0 Å². The third kappa shape index (κ3) is 3.82. The normalized spacial score (nSPS) is 10.8. The second-order valence-corrected chi connectivity index (χ2v) is 6.76. The Balaban J connectivity index is 1.33. The molecule has 152 valence electrons. The summed E-state index contributed by atoms with van der Waals surface area (Å²) >= 11 is 0. The molecule has 8 heteroatoms. The first-order chi connectivity index (χ1) is 15.2. The number of fused-ring (bicyclic) bond motifs is 1. The zero-order valence-electron chi connectivity index (χ0n) is 16.1. The van der Waals surface area contributed by atoms with Gasteiger partial charge in [-0.1, -0.05) is 0 Å². The van der Waals surface area contributed by atoms with Crippen LogP contribution in [-0.4, -0.2) is 21.8 Å². The van der Waals surface area contributed by atoms with Crippen molar-refractivity contribution in [2.45, 2.75) is 0 Å². The average molecular weight is 412 g/mol. The second kappa shape index (κ2) is 7.68. The van der Waals surface area contributed by atoms with Gasteiger partial charge >= 0.3 is 0 Å². The summed E-state index contributed by atoms with van der Waals surface area (Å²) in [5.74, 6) is 0.524. The highest BCUT2D eigenvalue weighted by atomic mass is 16.3. The van der Waals surface area contributed by atoms with E-state index in [0.717, 1.165) is 16.6 Å². The second-order valence-electron chi connectivity index (χ2n) is 6.76. The zero-order chi connectivity index (χ0) is 21.2. The van der Waals surface area contributed by atoms with Crippen molar-refractivity contribution >= 4 is 34.2 Å². The fourth-order valence-corrected chi connectivity index (χ4v) is 3.14. The third-order valence-corrected chi connectivity index (χ3v) is 4.65. The predicted octanol–water partition coefficient (Wildman–Crippen LogP) is 4.92. The van der Waals surface area contributed by atoms with Gasteiger partial charge in [0.25, 0.3) is 11.8 Å². The molecule has 0 unspecified atom stereocenters. The molecule has 2 aromatic carbocycles. The van der Waals surface area contributed by atoms with Crippen molar-refractivity contribution in [3.63, 3.8) is 0 Å². The van der Waals surface area contributed by atoms with E-state index in [1.165, 1.54) is 12.5 Å². The number of nitrogens with one attached hydrogen (secondary N) is 3. The number of aromatic amines is 1. The van der Waals surface area contributed by atoms with Gasteiger partial charge < -0.3 is 24.5 Å². The molecule has 0 saturated heterocycles. The van der Waals surface area contributed by atoms with Gasteiger partial charge in [-0.3, -0.25) is 9.59 Å². The van der Waals surface area contributed by atoms with E-state index in [9.17, 15) is 9.59 Å². The Kier molecular flexibility index (Phi) is 4.57. The highest BCUT2D eigenvalue weighted by Gasteiger charge is 2.12. The largest absolute Gasteiger partial charge is 0.459 e. The first-order valence-electron chi connectivity index (χ1n) is 9.46. The molecule has 0 aliphatic heterocycles. The molecule has 0 spiro atoms. The summed E-state index contributed by atoms with van der Waals surface area (Å²) in [6.07, 6.45) is 2.90. The molecule has 0 aliphatic rings. The Morgan fingerprint density at radius 3 is 2.00 bits per heavy atom. The van der Waals surface area contributed by atoms with E-state index < -0.39 is 0 Å². The monoisotopic (exact) mass is 412 g/mol. The standard InChI is InChI=1S/C23H16N4O4/c28-22(19-3-1-11-30-19)24-15-7-5-14(6-8-15)21-26-17-10-9-16(13-18(17)27-21)25-23(29)20-4-2-12-31-20/h1-13H,(H,24,28)(H,25,29)(H,26,27). The first-order valence-corrected chi connectivity index (χ1v) is 9.46. The van der Waals surface area contributed by atoms with Crippen molar-refractivity contribution in [1.29, 1.82) is 0 Å². The molecule has 5 rings (SSSR count). The molecule has 3 N–H and O–H groups in total. The lowest BCUT2D eigenvalue weighted by molar-refractivity contribution is 0.0989. The summed E-state index contributed by atoms with van der Waals surface area (Å²) < 4.78 is 10.2. The average Bonchev–Trinajstić information content (AvgIpc) is 3.55. The van der Waals surface area contributed by atoms with Gasteiger partial charge in [-0.25, -0.2) is 4.98 Å². The maximum Gasteiger partial charge on any atom is 0.291 e. The molecule has 0 bridgehead atoms. The van der Waals surface area contributed by atoms with Crippen molar-refractivity contribution in [3.05, 3.63) is 90.8 Å². The molecule has 8 nitrogen and oxygen atoms in total. The minimum atomic E-state index is -0.323. The Bertz CT molecular complexity index is 1350. The molecule has 0 saturated carbocycles. The SMILES string of the molecule is O=C(Nc1ccc(-c2nc3ccc(NC(=O)c4ccco4)cc3[nH]2)cc1)c1ccco1. The first kappa shape index (κ1) is 18.4. The van der Waals surface area contributed by atoms with Crippen LogP contribution in [0.25, 0.3) is 22.4 Å². The van der Waals surface area contributed by atoms with Gasteiger partial charge in [0.1, 0.15) is 5.82 Å². The quantitative estimate of drug-likeness (QED) is 0.379. The molecule has 5 aromatic rings. The Hall–Kier alpha value is -4.59. The fourth-order valence-electron chi connectivity index (χ4n) is 3.14. The van der Waals surface area contributed by atoms with Crippen LogP contribution in [0.4, 0.5) is 11.4 Å². The molecular weight excluding hydrogens is 396 g/mol. The summed E-state index contributed by atoms with van der Waals surface area (Å²) in [5.41, 5.74) is 3.67. The Morgan fingerprint density at radius 1 is 0.774 bits per heavy atom. The minimum absolute atomic E-state index is 0.240. The van der Waals surface area contributed by atoms with Crippen LogP contribution in [0, 0.1) is 0 Å². The lowest BCUT2D eigenvalue weighted by atomic mass is 10.2. The predicted molar refractivity (Wildman–Crippen MR) is 115 cm³/mol. The van der Waals surface area contributed by atoms with Gasteiger partial charge in [-0.2, -0.15) is 0 Å². The fraction of sp³-hybridized carbons (Fsp3) is 0. The lowest BCUT2D eigenvalue weighted by Gasteiger charge is -2.04. The number of imidazole rings is 1. The van der Waals surface area contributed by atoms with Gasteiger partial charge in [0.2, 0.25) is 0 Å². The van der Waals surface area contributed by atoms with E-state index in [0.29, 0.717) is 17.2 Å². The number of hydrogen-bond acceptors (Lipinski definition) is 5. The number of hydrogen-bond donors (Lipinski definition) is 3. The maximum atomic E-state index is 12.2. The molecule has 3 aromatic heterocycles. The van der Waals surface area contributed by atoms with Crippen LogP contribution in [0.3, 0.4) is 0 Å². The minimum Gasteiger partial charge on any atom is -0.459 e. The number of H-pyrrole nitrogens is 1. The van der Waals surface area contributed by atoms with Gasteiger partial charge in [0.05, 0.1) is 23.6 Å². The van der Waals surface area contributed by atoms with Gasteiger partial charge in [0, 0.05) is 16.9 Å². The number of anilines is 2. The lowest BCUT2D eigenvalue weighted by Crippen LogP contribution is -2.10. The number of aromatic nitrogens is 2. The van der Waals surface area contributed by atoms with Crippen LogP contribution >= 0.6 is 0 Å². The summed E-state index contributed by atoms with van der Waals surface area (Å²) in [6.45, 7) is 0. The third-order valence-electron chi connectivity index (χ3n) is 4.65. The van der Waals surface area contributed by atoms with Crippen molar-refractivity contribution in [3.8, 4) is 11.4 Å². The zero-order valence-corrected chi connectivity index (χ0v) is 16.1. The van der Waals surface area contributed by atoms with Crippen molar-refractivity contribution < 1.29 is 18.4 Å². The molecule has 3 heterocycles. The van der Waals surface area contributed by atoms with E-state index >= 15 is 0 Å². The van der Waals surface area contributed by atoms with Crippen molar-refractivity contribution in [1.82, 2.24) is 9.97 Å². The van der Waals surface area contributed by atoms with Crippen LogP contribution in [0.5, 0.6) is 0 Å². The van der Waals surface area contributed by atoms with Crippen LogP contribution < -0.4 is 10.6 Å². The van der Waals surface area contributed by atoms with Crippen LogP contribution in [0.2, 0.25) is 0 Å². The molecule has 0 radical (unpaired) electrons. The molecular formula is C23H16N4O4. The van der Waals surface area contributed by atoms with E-state index in [1.54, 1.807) is 42.5 Å². The summed E-state index contributed by atoms with van der Waals surface area (Å²) in [4.78, 5) is 32.1. The smallest absolute Gasteiger partial charge is 0.291 e. The van der Waals surface area contributed by atoms with Gasteiger partial charge in [-0.05, 0) is 66.7 Å². The molecule has 31 heavy (non-hydrogen) atoms. The molecule has 0 atom stereocenters. The van der Waals surface area contributed by atoms with E-state index in [2.05, 4.69) is 20.6 Å². The number of amides is 2. The molecule has 0 aliphatic carbocycles. The topological polar surface area (TPSA) is 113 Å². The highest BCUT2D eigenvalue weighted by Crippen LogP contribution is 2.24. The highest BCUT2D eigenvalue weighted by molar-refractivity contribution is 6.03. The number of benzene rings is 2. The Labute approximate surface area is 175 Å². The number of nitrogens with zero attached hydrogens (tertiary/aromatic N) is 1. The van der Waals surface area contributed by atoms with Gasteiger partial charge in [-0.15, -0.1) is 0 Å². The number of rotatable bonds is 5. The van der Waals surface area contributed by atoms with E-state index in [1.807, 2.05) is 24.3 Å². The summed E-state index contributed by atoms with van der Waals surface area (Å²) in [6, 6.07) is 19.2. The van der Waals surface area contributed by atoms with E-state index in [-0.39, 0.29) is 23.3 Å². The number of carbonyl (C=O) groups is 2. The summed E-state index contributed by atoms with van der Waals surface area (Å²) in [5, 5.41) is 5.57. The summed E-state index contributed by atoms with van der Waals surface area (Å²) in [7, 11) is 0. The van der Waals surface area contributed by atoms with Crippen LogP contribution in [0.1, 0.15) is 21.1 Å². The Morgan fingerprint density at radius 2 is 1.39 bits per heavy atom. The maximum absolute atomic E-state index is 12.2. The van der Waals surface area contributed by atoms with E-state index in [4.69, 9.17) is 8.83 Å². The van der Waals surface area contributed by atoms with Gasteiger partial charge in [0.15, 0.2) is 11.5 Å². The number of carbonyl (C=O) groups excluding carboxylic acids is 2. The van der Waals surface area contributed by atoms with Crippen molar-refractivity contribution in [2.24, 2.45) is 0 Å². The molecule has 2 amide bonds. The molecule has 0 fully saturated rings. The van der Waals surface area contributed by atoms with Crippen molar-refractivity contribution in [2.75, 3.05) is 10.6 Å².